The molecule has 1 aromatic carbocycles. The van der Waals surface area contributed by atoms with Crippen LogP contribution in [0.2, 0.25) is 0 Å². The van der Waals surface area contributed by atoms with Gasteiger partial charge in [-0.3, -0.25) is 28.9 Å². The van der Waals surface area contributed by atoms with E-state index in [1.165, 1.54) is 10.6 Å². The van der Waals surface area contributed by atoms with Crippen molar-refractivity contribution in [1.82, 2.24) is 24.9 Å². The van der Waals surface area contributed by atoms with Gasteiger partial charge in [0.1, 0.15) is 24.1 Å². The number of imide groups is 1. The molecule has 2 N–H and O–H groups in total. The number of piperidine rings is 1. The molecule has 0 saturated carbocycles. The molecular formula is C24H29N5O5. The van der Waals surface area contributed by atoms with Crippen LogP contribution in [0.5, 0.6) is 5.75 Å². The molecule has 1 aliphatic rings. The molecule has 1 saturated heterocycles. The average Bonchev–Trinajstić information content (AvgIpc) is 3.26. The third kappa shape index (κ3) is 5.33. The van der Waals surface area contributed by atoms with Crippen molar-refractivity contribution in [1.29, 1.82) is 0 Å². The molecule has 3 aromatic rings. The van der Waals surface area contributed by atoms with E-state index in [-0.39, 0.29) is 37.5 Å². The summed E-state index contributed by atoms with van der Waals surface area (Å²) in [6.07, 6.45) is 6.10. The zero-order valence-corrected chi connectivity index (χ0v) is 19.2. The number of nitrogens with one attached hydrogen (secondary N) is 1. The monoisotopic (exact) mass is 467 g/mol. The lowest BCUT2D eigenvalue weighted by atomic mass is 10.0. The van der Waals surface area contributed by atoms with Gasteiger partial charge < -0.3 is 9.84 Å². The number of carbonyl (C=O) groups is 2. The van der Waals surface area contributed by atoms with E-state index in [0.29, 0.717) is 17.0 Å². The molecule has 180 valence electrons. The van der Waals surface area contributed by atoms with Crippen LogP contribution in [-0.4, -0.2) is 43.1 Å². The van der Waals surface area contributed by atoms with Gasteiger partial charge in [-0.15, -0.1) is 5.10 Å². The number of benzene rings is 1. The van der Waals surface area contributed by atoms with Gasteiger partial charge in [-0.05, 0) is 43.9 Å². The molecule has 4 rings (SSSR count). The minimum atomic E-state index is -0.749. The van der Waals surface area contributed by atoms with Gasteiger partial charge in [-0.25, -0.2) is 0 Å². The molecule has 10 heteroatoms. The molecule has 0 radical (unpaired) electrons. The highest BCUT2D eigenvalue weighted by atomic mass is 16.5. The molecule has 34 heavy (non-hydrogen) atoms. The van der Waals surface area contributed by atoms with Crippen LogP contribution in [0.15, 0.2) is 35.3 Å². The van der Waals surface area contributed by atoms with Crippen LogP contribution in [0.1, 0.15) is 55.8 Å². The molecule has 0 aliphatic carbocycles. The summed E-state index contributed by atoms with van der Waals surface area (Å²) in [6.45, 7) is 3.04. The summed E-state index contributed by atoms with van der Waals surface area (Å²) >= 11 is 0. The summed E-state index contributed by atoms with van der Waals surface area (Å²) < 4.78 is 9.15. The Labute approximate surface area is 196 Å². The lowest BCUT2D eigenvalue weighted by Gasteiger charge is -2.25. The number of carbonyl (C=O) groups excluding carboxylic acids is 2. The number of aromatic nitrogens is 4. The predicted molar refractivity (Wildman–Crippen MR) is 124 cm³/mol. The molecule has 2 aromatic heterocycles. The van der Waals surface area contributed by atoms with Crippen LogP contribution >= 0.6 is 0 Å². The molecule has 0 bridgehead atoms. The van der Waals surface area contributed by atoms with Gasteiger partial charge >= 0.3 is 0 Å². The molecule has 0 spiro atoms. The van der Waals surface area contributed by atoms with Crippen molar-refractivity contribution < 1.29 is 19.4 Å². The summed E-state index contributed by atoms with van der Waals surface area (Å²) in [7, 11) is 0. The van der Waals surface area contributed by atoms with Crippen molar-refractivity contribution in [3.63, 3.8) is 0 Å². The van der Waals surface area contributed by atoms with Crippen molar-refractivity contribution in [2.24, 2.45) is 0 Å². The Bertz CT molecular complexity index is 1250. The van der Waals surface area contributed by atoms with E-state index >= 15 is 0 Å². The van der Waals surface area contributed by atoms with Crippen molar-refractivity contribution >= 4 is 22.7 Å². The number of rotatable bonds is 10. The first-order chi connectivity index (χ1) is 16.5. The first kappa shape index (κ1) is 23.6. The average molecular weight is 468 g/mol. The molecule has 2 amide bonds. The number of nitrogens with zero attached hydrogens (tertiary/aromatic N) is 4. The zero-order chi connectivity index (χ0) is 24.1. The van der Waals surface area contributed by atoms with Crippen molar-refractivity contribution in [2.75, 3.05) is 6.61 Å². The topological polar surface area (TPSA) is 128 Å². The van der Waals surface area contributed by atoms with Gasteiger partial charge in [0.2, 0.25) is 11.8 Å². The van der Waals surface area contributed by atoms with E-state index in [4.69, 9.17) is 9.84 Å². The van der Waals surface area contributed by atoms with Crippen LogP contribution in [0, 0.1) is 6.92 Å². The number of hydrogen-bond acceptors (Lipinski definition) is 7. The lowest BCUT2D eigenvalue weighted by molar-refractivity contribution is -0.135. The van der Waals surface area contributed by atoms with E-state index in [2.05, 4.69) is 15.6 Å². The maximum atomic E-state index is 12.8. The van der Waals surface area contributed by atoms with Gasteiger partial charge in [0, 0.05) is 37.1 Å². The standard InChI is InChI=1S/C24H29N5O5/c1-16-12-23(32)29(20-8-9-22(31)25-24(20)33)21-13-18(6-7-19(16)21)34-15-17-14-28(27-26-17)10-4-2-3-5-11-30/h6-7,12-14,20,30H,2-5,8-11,15H2,1H3,(H,25,31,33). The highest BCUT2D eigenvalue weighted by Gasteiger charge is 2.30. The summed E-state index contributed by atoms with van der Waals surface area (Å²) in [5, 5.41) is 20.3. The molecule has 1 fully saturated rings. The Morgan fingerprint density at radius 2 is 1.97 bits per heavy atom. The number of aliphatic hydroxyl groups is 1. The number of ether oxygens (including phenoxy) is 1. The fourth-order valence-electron chi connectivity index (χ4n) is 4.25. The first-order valence-corrected chi connectivity index (χ1v) is 11.6. The molecule has 3 heterocycles. The summed E-state index contributed by atoms with van der Waals surface area (Å²) in [5.74, 6) is -0.257. The van der Waals surface area contributed by atoms with Crippen molar-refractivity contribution in [3.8, 4) is 5.75 Å². The van der Waals surface area contributed by atoms with E-state index in [1.54, 1.807) is 10.7 Å². The number of pyridine rings is 1. The molecule has 1 atom stereocenters. The van der Waals surface area contributed by atoms with Crippen LogP contribution in [0.25, 0.3) is 10.9 Å². The van der Waals surface area contributed by atoms with E-state index in [0.717, 1.165) is 43.2 Å². The van der Waals surface area contributed by atoms with E-state index < -0.39 is 11.9 Å². The van der Waals surface area contributed by atoms with Crippen molar-refractivity contribution in [3.05, 3.63) is 52.1 Å². The minimum absolute atomic E-state index is 0.186. The van der Waals surface area contributed by atoms with Crippen molar-refractivity contribution in [2.45, 2.75) is 64.6 Å². The number of amides is 2. The fraction of sp³-hybridized carbons (Fsp3) is 0.458. The Morgan fingerprint density at radius 1 is 1.15 bits per heavy atom. The van der Waals surface area contributed by atoms with Gasteiger partial charge in [-0.1, -0.05) is 18.1 Å². The minimum Gasteiger partial charge on any atom is -0.487 e. The van der Waals surface area contributed by atoms with Gasteiger partial charge in [0.15, 0.2) is 0 Å². The summed E-state index contributed by atoms with van der Waals surface area (Å²) in [5.41, 5.74) is 1.78. The second kappa shape index (κ2) is 10.6. The van der Waals surface area contributed by atoms with Crippen LogP contribution < -0.4 is 15.6 Å². The summed E-state index contributed by atoms with van der Waals surface area (Å²) in [6, 6.07) is 6.19. The lowest BCUT2D eigenvalue weighted by Crippen LogP contribution is -2.44. The molecule has 10 nitrogen and oxygen atoms in total. The maximum absolute atomic E-state index is 12.8. The van der Waals surface area contributed by atoms with E-state index in [9.17, 15) is 14.4 Å². The number of aryl methyl sites for hydroxylation is 2. The first-order valence-electron chi connectivity index (χ1n) is 11.6. The Morgan fingerprint density at radius 3 is 2.76 bits per heavy atom. The van der Waals surface area contributed by atoms with Crippen LogP contribution in [0.4, 0.5) is 0 Å². The molecular weight excluding hydrogens is 438 g/mol. The number of aliphatic hydroxyl groups excluding tert-OH is 1. The summed E-state index contributed by atoms with van der Waals surface area (Å²) in [4.78, 5) is 36.9. The predicted octanol–water partition coefficient (Wildman–Crippen LogP) is 2.01. The Balaban J connectivity index is 1.50. The third-order valence-electron chi connectivity index (χ3n) is 6.02. The highest BCUT2D eigenvalue weighted by Crippen LogP contribution is 2.27. The Kier molecular flexibility index (Phi) is 7.36. The normalized spacial score (nSPS) is 16.1. The van der Waals surface area contributed by atoms with Crippen LogP contribution in [-0.2, 0) is 22.7 Å². The fourth-order valence-corrected chi connectivity index (χ4v) is 4.25. The number of hydrogen-bond donors (Lipinski definition) is 2. The van der Waals surface area contributed by atoms with E-state index in [1.807, 2.05) is 25.3 Å². The van der Waals surface area contributed by atoms with Crippen LogP contribution in [0.3, 0.4) is 0 Å². The molecule has 1 aliphatic heterocycles. The molecule has 1 unspecified atom stereocenters. The quantitative estimate of drug-likeness (QED) is 0.345. The highest BCUT2D eigenvalue weighted by molar-refractivity contribution is 6.00. The van der Waals surface area contributed by atoms with Gasteiger partial charge in [0.05, 0.1) is 11.7 Å². The zero-order valence-electron chi connectivity index (χ0n) is 19.2. The second-order valence-electron chi connectivity index (χ2n) is 8.58. The smallest absolute Gasteiger partial charge is 0.252 e. The SMILES string of the molecule is Cc1cc(=O)n(C2CCC(=O)NC2=O)c2cc(OCc3cn(CCCCCCO)nn3)ccc12. The Hall–Kier alpha value is -3.53. The van der Waals surface area contributed by atoms with Gasteiger partial charge in [-0.2, -0.15) is 0 Å². The van der Waals surface area contributed by atoms with Gasteiger partial charge in [0.25, 0.3) is 5.56 Å². The maximum Gasteiger partial charge on any atom is 0.252 e. The largest absolute Gasteiger partial charge is 0.487 e. The number of unbranched alkanes of at least 4 members (excludes halogenated alkanes) is 3. The second-order valence-corrected chi connectivity index (χ2v) is 8.58. The number of fused-ring (bicyclic) bond motifs is 1. The third-order valence-corrected chi connectivity index (χ3v) is 6.02.